The van der Waals surface area contributed by atoms with Gasteiger partial charge in [-0.3, -0.25) is 0 Å². The largest absolute Gasteiger partial charge is 1.00 e. The molecule has 1 aromatic carbocycles. The van der Waals surface area contributed by atoms with Gasteiger partial charge in [-0.1, -0.05) is 121 Å². The normalized spacial score (nSPS) is 11.2. The van der Waals surface area contributed by atoms with Gasteiger partial charge in [0.2, 0.25) is 0 Å². The maximum atomic E-state index is 11.9. The predicted octanol–water partition coefficient (Wildman–Crippen LogP) is 4.77. The maximum Gasteiger partial charge on any atom is 1.00 e. The standard InChI is InChI=1S/C24H42O3S.Li.H/c1-2-3-4-5-6-7-8-9-10-11-12-13-14-15-16-20-23-28(25,26)27-24-21-18-17-19-22-24;;/h17-19,21-22H,2-16,20,23H2,1H3;;/q;+1;-1. The van der Waals surface area contributed by atoms with E-state index in [0.717, 1.165) is 12.8 Å². The van der Waals surface area contributed by atoms with Gasteiger partial charge in [0.15, 0.2) is 0 Å². The van der Waals surface area contributed by atoms with Crippen LogP contribution in [0.25, 0.3) is 0 Å². The van der Waals surface area contributed by atoms with E-state index in [4.69, 9.17) is 4.18 Å². The number of hydrogen-bond donors (Lipinski definition) is 0. The Labute approximate surface area is 194 Å². The second-order valence-electron chi connectivity index (χ2n) is 7.96. The zero-order valence-corrected chi connectivity index (χ0v) is 19.9. The van der Waals surface area contributed by atoms with Crippen LogP contribution in [0, 0.1) is 0 Å². The van der Waals surface area contributed by atoms with E-state index >= 15 is 0 Å². The molecular weight excluding hydrogens is 375 g/mol. The van der Waals surface area contributed by atoms with Gasteiger partial charge in [0.1, 0.15) is 5.75 Å². The molecule has 0 fully saturated rings. The average Bonchev–Trinajstić information content (AvgIpc) is 2.68. The smallest absolute Gasteiger partial charge is 1.00 e. The van der Waals surface area contributed by atoms with Crippen LogP contribution in [0.2, 0.25) is 0 Å². The Morgan fingerprint density at radius 1 is 0.655 bits per heavy atom. The fourth-order valence-electron chi connectivity index (χ4n) is 3.49. The van der Waals surface area contributed by atoms with E-state index in [0.29, 0.717) is 12.2 Å². The summed E-state index contributed by atoms with van der Waals surface area (Å²) in [4.78, 5) is 0. The Morgan fingerprint density at radius 2 is 1.03 bits per heavy atom. The quantitative estimate of drug-likeness (QED) is 0.185. The predicted molar refractivity (Wildman–Crippen MR) is 122 cm³/mol. The molecule has 0 N–H and O–H groups in total. The van der Waals surface area contributed by atoms with Crippen molar-refractivity contribution in [2.24, 2.45) is 0 Å². The van der Waals surface area contributed by atoms with Crippen molar-refractivity contribution in [1.29, 1.82) is 0 Å². The van der Waals surface area contributed by atoms with Crippen LogP contribution in [0.1, 0.15) is 111 Å². The summed E-state index contributed by atoms with van der Waals surface area (Å²) in [5, 5.41) is 0. The van der Waals surface area contributed by atoms with Gasteiger partial charge in [0.05, 0.1) is 5.75 Å². The molecule has 0 aliphatic carbocycles. The Morgan fingerprint density at radius 3 is 1.45 bits per heavy atom. The van der Waals surface area contributed by atoms with Gasteiger partial charge in [-0.25, -0.2) is 0 Å². The van der Waals surface area contributed by atoms with Gasteiger partial charge in [-0.2, -0.15) is 8.42 Å². The molecule has 0 saturated carbocycles. The van der Waals surface area contributed by atoms with Gasteiger partial charge < -0.3 is 5.61 Å². The first-order chi connectivity index (χ1) is 13.6. The van der Waals surface area contributed by atoms with Gasteiger partial charge in [0.25, 0.3) is 0 Å². The third-order valence-corrected chi connectivity index (χ3v) is 6.45. The topological polar surface area (TPSA) is 43.4 Å². The van der Waals surface area contributed by atoms with E-state index in [-0.39, 0.29) is 26.0 Å². The van der Waals surface area contributed by atoms with E-state index in [2.05, 4.69) is 6.92 Å². The number of hydrogen-bond acceptors (Lipinski definition) is 3. The summed E-state index contributed by atoms with van der Waals surface area (Å²) in [6.45, 7) is 2.27. The summed E-state index contributed by atoms with van der Waals surface area (Å²) < 4.78 is 28.9. The van der Waals surface area contributed by atoms with Crippen LogP contribution in [0.4, 0.5) is 0 Å². The molecule has 0 radical (unpaired) electrons. The fourth-order valence-corrected chi connectivity index (χ4v) is 4.54. The van der Waals surface area contributed by atoms with Gasteiger partial charge in [-0.05, 0) is 18.6 Å². The molecule has 5 heteroatoms. The second-order valence-corrected chi connectivity index (χ2v) is 9.65. The summed E-state index contributed by atoms with van der Waals surface area (Å²) in [5.41, 5.74) is 0. The molecule has 164 valence electrons. The molecule has 0 atom stereocenters. The van der Waals surface area contributed by atoms with Crippen LogP contribution in [0.3, 0.4) is 0 Å². The number of para-hydroxylation sites is 1. The molecule has 0 saturated heterocycles. The minimum Gasteiger partial charge on any atom is -1.00 e. The van der Waals surface area contributed by atoms with E-state index < -0.39 is 10.1 Å². The number of rotatable bonds is 19. The van der Waals surface area contributed by atoms with Crippen molar-refractivity contribution >= 4 is 10.1 Å². The summed E-state index contributed by atoms with van der Waals surface area (Å²) in [5.74, 6) is 0.513. The van der Waals surface area contributed by atoms with Crippen molar-refractivity contribution < 1.29 is 32.9 Å². The van der Waals surface area contributed by atoms with E-state index in [9.17, 15) is 8.42 Å². The minimum atomic E-state index is -3.45. The van der Waals surface area contributed by atoms with Crippen LogP contribution in [-0.4, -0.2) is 14.2 Å². The molecule has 29 heavy (non-hydrogen) atoms. The van der Waals surface area contributed by atoms with Crippen LogP contribution >= 0.6 is 0 Å². The van der Waals surface area contributed by atoms with E-state index in [1.807, 2.05) is 6.07 Å². The molecule has 3 nitrogen and oxygen atoms in total. The Balaban J connectivity index is 0. The molecule has 0 aromatic heterocycles. The van der Waals surface area contributed by atoms with E-state index in [1.54, 1.807) is 24.3 Å². The van der Waals surface area contributed by atoms with Crippen LogP contribution in [0.15, 0.2) is 30.3 Å². The molecule has 0 amide bonds. The summed E-state index contributed by atoms with van der Waals surface area (Å²) >= 11 is 0. The van der Waals surface area contributed by atoms with E-state index in [1.165, 1.54) is 83.5 Å². The Kier molecular flexibility index (Phi) is 19.2. The molecule has 0 unspecified atom stereocenters. The molecule has 1 aromatic rings. The van der Waals surface area contributed by atoms with Gasteiger partial charge in [-0.15, -0.1) is 0 Å². The monoisotopic (exact) mass is 418 g/mol. The molecule has 0 heterocycles. The fraction of sp³-hybridized carbons (Fsp3) is 0.750. The molecule has 1 rings (SSSR count). The maximum absolute atomic E-state index is 11.9. The van der Waals surface area contributed by atoms with Crippen LogP contribution < -0.4 is 23.0 Å². The Hall–Kier alpha value is -0.433. The average molecular weight is 419 g/mol. The SMILES string of the molecule is CCCCCCCCCCCCCCCCCCS(=O)(=O)Oc1ccccc1.[H-].[Li+]. The first kappa shape index (κ1) is 28.6. The van der Waals surface area contributed by atoms with Crippen LogP contribution in [-0.2, 0) is 10.1 Å². The third kappa shape index (κ3) is 18.1. The first-order valence-electron chi connectivity index (χ1n) is 11.6. The Bertz CT molecular complexity index is 567. The molecule has 0 aliphatic heterocycles. The van der Waals surface area contributed by atoms with Crippen molar-refractivity contribution in [2.75, 3.05) is 5.75 Å². The zero-order valence-electron chi connectivity index (χ0n) is 20.0. The summed E-state index contributed by atoms with van der Waals surface area (Å²) in [6, 6.07) is 8.74. The molecule has 0 bridgehead atoms. The van der Waals surface area contributed by atoms with Crippen molar-refractivity contribution in [3.63, 3.8) is 0 Å². The van der Waals surface area contributed by atoms with Crippen molar-refractivity contribution in [3.8, 4) is 5.75 Å². The van der Waals surface area contributed by atoms with Gasteiger partial charge in [0, 0.05) is 0 Å². The number of unbranched alkanes of at least 4 members (excludes halogenated alkanes) is 15. The zero-order chi connectivity index (χ0) is 20.3. The third-order valence-electron chi connectivity index (χ3n) is 5.21. The minimum absolute atomic E-state index is 0. The first-order valence-corrected chi connectivity index (χ1v) is 13.2. The number of benzene rings is 1. The summed E-state index contributed by atoms with van der Waals surface area (Å²) in [6.07, 6.45) is 20.6. The van der Waals surface area contributed by atoms with Crippen molar-refractivity contribution in [1.82, 2.24) is 0 Å². The molecule has 0 aliphatic rings. The van der Waals surface area contributed by atoms with Crippen molar-refractivity contribution in [2.45, 2.75) is 110 Å². The van der Waals surface area contributed by atoms with Crippen molar-refractivity contribution in [3.05, 3.63) is 30.3 Å². The van der Waals surface area contributed by atoms with Crippen LogP contribution in [0.5, 0.6) is 5.75 Å². The summed E-state index contributed by atoms with van der Waals surface area (Å²) in [7, 11) is -3.45. The molecular formula is C24H43LiO3S. The molecule has 0 spiro atoms. The van der Waals surface area contributed by atoms with Gasteiger partial charge >= 0.3 is 29.0 Å². The second kappa shape index (κ2) is 19.5.